The lowest BCUT2D eigenvalue weighted by Crippen LogP contribution is -2.38. The van der Waals surface area contributed by atoms with E-state index in [2.05, 4.69) is 25.3 Å². The second-order valence-electron chi connectivity index (χ2n) is 3.88. The maximum atomic E-state index is 11.9. The van der Waals surface area contributed by atoms with Crippen LogP contribution in [0.3, 0.4) is 0 Å². The molecule has 1 rings (SSSR count). The van der Waals surface area contributed by atoms with Gasteiger partial charge in [0.1, 0.15) is 18.5 Å². The number of anilines is 1. The fourth-order valence-electron chi connectivity index (χ4n) is 1.21. The van der Waals surface area contributed by atoms with Gasteiger partial charge in [-0.2, -0.15) is 13.2 Å². The molecule has 0 aliphatic rings. The highest BCUT2D eigenvalue weighted by atomic mass is 19.4. The predicted octanol–water partition coefficient (Wildman–Crippen LogP) is 0.972. The Morgan fingerprint density at radius 3 is 2.75 bits per heavy atom. The quantitative estimate of drug-likeness (QED) is 0.732. The molecule has 9 heteroatoms. The molecule has 0 saturated heterocycles. The molecule has 1 heterocycles. The van der Waals surface area contributed by atoms with Crippen LogP contribution < -0.4 is 10.6 Å². The van der Waals surface area contributed by atoms with Crippen LogP contribution >= 0.6 is 0 Å². The van der Waals surface area contributed by atoms with E-state index < -0.39 is 24.8 Å². The van der Waals surface area contributed by atoms with Crippen LogP contribution in [0.5, 0.6) is 0 Å². The molecule has 0 bridgehead atoms. The Labute approximate surface area is 113 Å². The first-order valence-corrected chi connectivity index (χ1v) is 5.84. The zero-order valence-electron chi connectivity index (χ0n) is 10.8. The predicted molar refractivity (Wildman–Crippen MR) is 65.0 cm³/mol. The molecule has 1 amide bonds. The van der Waals surface area contributed by atoms with Crippen LogP contribution in [0.1, 0.15) is 6.92 Å². The van der Waals surface area contributed by atoms with Gasteiger partial charge in [0.15, 0.2) is 0 Å². The summed E-state index contributed by atoms with van der Waals surface area (Å²) in [6.45, 7) is 0.419. The summed E-state index contributed by atoms with van der Waals surface area (Å²) in [4.78, 5) is 19.2. The van der Waals surface area contributed by atoms with Crippen molar-refractivity contribution in [1.29, 1.82) is 0 Å². The van der Waals surface area contributed by atoms with E-state index in [9.17, 15) is 18.0 Å². The van der Waals surface area contributed by atoms with Gasteiger partial charge < -0.3 is 15.4 Å². The number of aromatic nitrogens is 2. The van der Waals surface area contributed by atoms with Crippen molar-refractivity contribution >= 4 is 11.7 Å². The largest absolute Gasteiger partial charge is 0.411 e. The number of nitrogens with one attached hydrogen (secondary N) is 2. The Morgan fingerprint density at radius 1 is 1.40 bits per heavy atom. The number of amides is 1. The number of hydrogen-bond donors (Lipinski definition) is 2. The number of halogens is 3. The minimum atomic E-state index is -4.44. The maximum absolute atomic E-state index is 11.9. The highest BCUT2D eigenvalue weighted by Crippen LogP contribution is 2.15. The molecule has 1 aromatic rings. The van der Waals surface area contributed by atoms with Crippen molar-refractivity contribution in [1.82, 2.24) is 15.3 Å². The number of ether oxygens (including phenoxy) is 1. The van der Waals surface area contributed by atoms with Gasteiger partial charge in [0.2, 0.25) is 5.91 Å². The highest BCUT2D eigenvalue weighted by molar-refractivity contribution is 5.80. The van der Waals surface area contributed by atoms with Crippen molar-refractivity contribution in [2.24, 2.45) is 0 Å². The molecule has 0 aliphatic heterocycles. The molecule has 0 unspecified atom stereocenters. The minimum Gasteiger partial charge on any atom is -0.367 e. The maximum Gasteiger partial charge on any atom is 0.411 e. The number of carbonyl (C=O) groups is 1. The van der Waals surface area contributed by atoms with Crippen LogP contribution in [0.2, 0.25) is 0 Å². The van der Waals surface area contributed by atoms with Gasteiger partial charge in [-0.15, -0.1) is 0 Å². The van der Waals surface area contributed by atoms with Gasteiger partial charge in [0, 0.05) is 25.5 Å². The zero-order valence-corrected chi connectivity index (χ0v) is 10.8. The van der Waals surface area contributed by atoms with E-state index >= 15 is 0 Å². The first kappa shape index (κ1) is 16.2. The van der Waals surface area contributed by atoms with Crippen LogP contribution in [-0.2, 0) is 9.53 Å². The molecular formula is C11H15F3N4O2. The molecule has 0 saturated carbocycles. The molecule has 0 spiro atoms. The highest BCUT2D eigenvalue weighted by Gasteiger charge is 2.29. The SMILES string of the molecule is C[C@H](OCC(F)(F)F)C(=O)NCCNc1cnccn1. The molecular weight excluding hydrogens is 277 g/mol. The van der Waals surface area contributed by atoms with Gasteiger partial charge in [-0.1, -0.05) is 0 Å². The van der Waals surface area contributed by atoms with Crippen LogP contribution in [-0.4, -0.2) is 47.9 Å². The standard InChI is InChI=1S/C11H15F3N4O2/c1-8(20-7-11(12,13)14)10(19)18-5-4-17-9-6-15-2-3-16-9/h2-3,6,8H,4-5,7H2,1H3,(H,16,17)(H,18,19)/t8-/m0/s1. The zero-order chi connectivity index (χ0) is 15.0. The normalized spacial score (nSPS) is 12.8. The smallest absolute Gasteiger partial charge is 0.367 e. The van der Waals surface area contributed by atoms with Crippen molar-refractivity contribution in [3.05, 3.63) is 18.6 Å². The Morgan fingerprint density at radius 2 is 2.15 bits per heavy atom. The Kier molecular flexibility index (Phi) is 6.16. The first-order valence-electron chi connectivity index (χ1n) is 5.84. The Bertz CT molecular complexity index is 414. The molecule has 0 radical (unpaired) electrons. The number of hydrogen-bond acceptors (Lipinski definition) is 5. The van der Waals surface area contributed by atoms with Crippen LogP contribution in [0, 0.1) is 0 Å². The summed E-state index contributed by atoms with van der Waals surface area (Å²) in [5, 5.41) is 5.33. The molecule has 1 atom stereocenters. The van der Waals surface area contributed by atoms with Crippen molar-refractivity contribution in [3.8, 4) is 0 Å². The Hall–Kier alpha value is -1.90. The molecule has 112 valence electrons. The van der Waals surface area contributed by atoms with Crippen LogP contribution in [0.15, 0.2) is 18.6 Å². The minimum absolute atomic E-state index is 0.231. The van der Waals surface area contributed by atoms with E-state index in [-0.39, 0.29) is 6.54 Å². The third kappa shape index (κ3) is 6.88. The number of rotatable bonds is 7. The molecule has 6 nitrogen and oxygen atoms in total. The molecule has 0 aromatic carbocycles. The van der Waals surface area contributed by atoms with Gasteiger partial charge in [-0.25, -0.2) is 4.98 Å². The number of alkyl halides is 3. The van der Waals surface area contributed by atoms with Crippen molar-refractivity contribution < 1.29 is 22.7 Å². The van der Waals surface area contributed by atoms with Gasteiger partial charge in [-0.05, 0) is 6.92 Å². The summed E-state index contributed by atoms with van der Waals surface area (Å²) in [6.07, 6.45) is -1.06. The van der Waals surface area contributed by atoms with Crippen LogP contribution in [0.25, 0.3) is 0 Å². The lowest BCUT2D eigenvalue weighted by Gasteiger charge is -2.14. The van der Waals surface area contributed by atoms with Gasteiger partial charge in [0.25, 0.3) is 0 Å². The van der Waals surface area contributed by atoms with E-state index in [0.29, 0.717) is 12.4 Å². The van der Waals surface area contributed by atoms with E-state index in [1.54, 1.807) is 0 Å². The molecule has 0 fully saturated rings. The second kappa shape index (κ2) is 7.63. The number of carbonyl (C=O) groups excluding carboxylic acids is 1. The molecule has 1 aromatic heterocycles. The summed E-state index contributed by atoms with van der Waals surface area (Å²) >= 11 is 0. The monoisotopic (exact) mass is 292 g/mol. The average Bonchev–Trinajstić information content (AvgIpc) is 2.41. The van der Waals surface area contributed by atoms with Gasteiger partial charge in [0.05, 0.1) is 6.20 Å². The summed E-state index contributed by atoms with van der Waals surface area (Å²) in [5.74, 6) is -0.0571. The fraction of sp³-hybridized carbons (Fsp3) is 0.545. The van der Waals surface area contributed by atoms with Crippen molar-refractivity contribution in [2.45, 2.75) is 19.2 Å². The lowest BCUT2D eigenvalue weighted by molar-refractivity contribution is -0.185. The van der Waals surface area contributed by atoms with Crippen molar-refractivity contribution in [3.63, 3.8) is 0 Å². The van der Waals surface area contributed by atoms with Crippen molar-refractivity contribution in [2.75, 3.05) is 25.0 Å². The van der Waals surface area contributed by atoms with E-state index in [1.165, 1.54) is 25.5 Å². The molecule has 20 heavy (non-hydrogen) atoms. The lowest BCUT2D eigenvalue weighted by atomic mass is 10.3. The number of nitrogens with zero attached hydrogens (tertiary/aromatic N) is 2. The van der Waals surface area contributed by atoms with E-state index in [1.807, 2.05) is 0 Å². The fourth-order valence-corrected chi connectivity index (χ4v) is 1.21. The van der Waals surface area contributed by atoms with Gasteiger partial charge in [-0.3, -0.25) is 9.78 Å². The second-order valence-corrected chi connectivity index (χ2v) is 3.88. The third-order valence-corrected chi connectivity index (χ3v) is 2.16. The third-order valence-electron chi connectivity index (χ3n) is 2.16. The van der Waals surface area contributed by atoms with E-state index in [4.69, 9.17) is 0 Å². The summed E-state index contributed by atoms with van der Waals surface area (Å²) < 4.78 is 40.1. The summed E-state index contributed by atoms with van der Waals surface area (Å²) in [6, 6.07) is 0. The van der Waals surface area contributed by atoms with E-state index in [0.717, 1.165) is 0 Å². The van der Waals surface area contributed by atoms with Crippen LogP contribution in [0.4, 0.5) is 19.0 Å². The topological polar surface area (TPSA) is 76.1 Å². The summed E-state index contributed by atoms with van der Waals surface area (Å²) in [5.41, 5.74) is 0. The molecule has 2 N–H and O–H groups in total. The average molecular weight is 292 g/mol. The van der Waals surface area contributed by atoms with Gasteiger partial charge >= 0.3 is 6.18 Å². The Balaban J connectivity index is 2.16. The summed E-state index contributed by atoms with van der Waals surface area (Å²) in [7, 11) is 0. The first-order chi connectivity index (χ1) is 9.38. The molecule has 0 aliphatic carbocycles.